The molecule has 1 atom stereocenters. The normalized spacial score (nSPS) is 14.0. The number of benzene rings is 1. The minimum Gasteiger partial charge on any atom is -0.464 e. The summed E-state index contributed by atoms with van der Waals surface area (Å²) >= 11 is -0.574. The average Bonchev–Trinajstić information content (AvgIpc) is 2.37. The van der Waals surface area contributed by atoms with Gasteiger partial charge in [0.2, 0.25) is 0 Å². The van der Waals surface area contributed by atoms with E-state index in [4.69, 9.17) is 4.74 Å². The Kier molecular flexibility index (Phi) is 5.63. The van der Waals surface area contributed by atoms with Gasteiger partial charge in [-0.25, -0.2) is 9.18 Å². The largest absolute Gasteiger partial charge is 0.464 e. The molecule has 0 aromatic heterocycles. The highest BCUT2D eigenvalue weighted by Gasteiger charge is 2.49. The molecule has 0 fully saturated rings. The molecular formula is C14H12F4O2S. The van der Waals surface area contributed by atoms with Crippen molar-refractivity contribution in [3.8, 4) is 0 Å². The minimum absolute atomic E-state index is 0.0687. The quantitative estimate of drug-likeness (QED) is 0.462. The summed E-state index contributed by atoms with van der Waals surface area (Å²) in [5.41, 5.74) is -2.59. The fourth-order valence-corrected chi connectivity index (χ4v) is 2.56. The van der Waals surface area contributed by atoms with Crippen molar-refractivity contribution in [1.82, 2.24) is 0 Å². The van der Waals surface area contributed by atoms with E-state index in [1.54, 1.807) is 0 Å². The first kappa shape index (κ1) is 17.3. The van der Waals surface area contributed by atoms with Gasteiger partial charge in [-0.3, -0.25) is 0 Å². The lowest BCUT2D eigenvalue weighted by atomic mass is 9.98. The molecule has 0 spiro atoms. The Morgan fingerprint density at radius 2 is 1.95 bits per heavy atom. The van der Waals surface area contributed by atoms with Gasteiger partial charge in [-0.05, 0) is 42.5 Å². The second-order valence-corrected chi connectivity index (χ2v) is 5.17. The first-order valence-corrected chi connectivity index (χ1v) is 6.64. The molecule has 0 amide bonds. The van der Waals surface area contributed by atoms with Crippen molar-refractivity contribution < 1.29 is 27.1 Å². The van der Waals surface area contributed by atoms with Crippen molar-refractivity contribution in [2.45, 2.75) is 17.2 Å². The van der Waals surface area contributed by atoms with Crippen LogP contribution in [0.15, 0.2) is 42.7 Å². The van der Waals surface area contributed by atoms with E-state index >= 15 is 0 Å². The summed E-state index contributed by atoms with van der Waals surface area (Å²) in [6.45, 7) is 4.60. The van der Waals surface area contributed by atoms with Crippen LogP contribution in [0.1, 0.15) is 12.5 Å². The molecule has 1 aromatic carbocycles. The van der Waals surface area contributed by atoms with Crippen LogP contribution in [0.3, 0.4) is 0 Å². The van der Waals surface area contributed by atoms with Gasteiger partial charge in [-0.1, -0.05) is 18.7 Å². The number of thioether (sulfide) groups is 1. The summed E-state index contributed by atoms with van der Waals surface area (Å²) in [5, 5.41) is 0. The van der Waals surface area contributed by atoms with Crippen LogP contribution < -0.4 is 0 Å². The van der Waals surface area contributed by atoms with Gasteiger partial charge in [0.15, 0.2) is 4.75 Å². The number of ether oxygens (including phenoxy) is 1. The van der Waals surface area contributed by atoms with Crippen molar-refractivity contribution in [3.63, 3.8) is 0 Å². The molecule has 1 rings (SSSR count). The average molecular weight is 320 g/mol. The van der Waals surface area contributed by atoms with Gasteiger partial charge in [0.25, 0.3) is 0 Å². The van der Waals surface area contributed by atoms with Crippen molar-refractivity contribution in [2.24, 2.45) is 0 Å². The summed E-state index contributed by atoms with van der Waals surface area (Å²) in [6.07, 6.45) is 0.871. The molecule has 0 bridgehead atoms. The van der Waals surface area contributed by atoms with Crippen molar-refractivity contribution in [3.05, 3.63) is 54.0 Å². The first-order valence-electron chi connectivity index (χ1n) is 5.82. The highest BCUT2D eigenvalue weighted by Crippen LogP contribution is 2.48. The molecule has 0 aliphatic rings. The van der Waals surface area contributed by atoms with Crippen LogP contribution in [0.2, 0.25) is 0 Å². The van der Waals surface area contributed by atoms with E-state index in [9.17, 15) is 22.4 Å². The lowest BCUT2D eigenvalue weighted by Crippen LogP contribution is -2.35. The number of hydrogen-bond donors (Lipinski definition) is 0. The molecule has 0 heterocycles. The molecule has 7 heteroatoms. The predicted octanol–water partition coefficient (Wildman–Crippen LogP) is 4.18. The maximum absolute atomic E-state index is 13.0. The van der Waals surface area contributed by atoms with Crippen molar-refractivity contribution >= 4 is 17.7 Å². The standard InChI is InChI=1S/C14H12F4O2S/c1-3-9-13(12(19)20-4-2,21-14(16,17)18)10-5-7-11(15)8-6-10/h5-9H,1,4H2,2H3. The monoisotopic (exact) mass is 320 g/mol. The molecule has 0 N–H and O–H groups in total. The van der Waals surface area contributed by atoms with Gasteiger partial charge >= 0.3 is 11.5 Å². The summed E-state index contributed by atoms with van der Waals surface area (Å²) in [4.78, 5) is 12.1. The van der Waals surface area contributed by atoms with Gasteiger partial charge in [0.1, 0.15) is 5.82 Å². The van der Waals surface area contributed by atoms with Crippen molar-refractivity contribution in [2.75, 3.05) is 6.61 Å². The molecular weight excluding hydrogens is 308 g/mol. The van der Waals surface area contributed by atoms with E-state index in [1.807, 2.05) is 0 Å². The second kappa shape index (κ2) is 6.83. The Balaban J connectivity index is 3.46. The van der Waals surface area contributed by atoms with Crippen LogP contribution in [-0.2, 0) is 14.3 Å². The van der Waals surface area contributed by atoms with E-state index in [2.05, 4.69) is 12.3 Å². The van der Waals surface area contributed by atoms with Crippen LogP contribution in [-0.4, -0.2) is 18.1 Å². The maximum Gasteiger partial charge on any atom is 0.443 e. The Morgan fingerprint density at radius 3 is 2.38 bits per heavy atom. The SMILES string of the molecule is C=C=CC(SC(F)(F)F)(C(=O)OCC)c1ccc(F)cc1. The zero-order valence-electron chi connectivity index (χ0n) is 11.0. The Morgan fingerprint density at radius 1 is 1.38 bits per heavy atom. The number of alkyl halides is 3. The third-order valence-electron chi connectivity index (χ3n) is 2.43. The van der Waals surface area contributed by atoms with Crippen LogP contribution in [0, 0.1) is 5.82 Å². The maximum atomic E-state index is 13.0. The van der Waals surface area contributed by atoms with Gasteiger partial charge < -0.3 is 4.74 Å². The van der Waals surface area contributed by atoms with Gasteiger partial charge in [-0.2, -0.15) is 13.2 Å². The summed E-state index contributed by atoms with van der Waals surface area (Å²) < 4.78 is 54.1. The summed E-state index contributed by atoms with van der Waals surface area (Å²) in [6, 6.07) is 4.13. The number of esters is 1. The first-order chi connectivity index (χ1) is 9.75. The molecule has 114 valence electrons. The summed E-state index contributed by atoms with van der Waals surface area (Å²) in [7, 11) is 0. The van der Waals surface area contributed by atoms with Crippen molar-refractivity contribution in [1.29, 1.82) is 0 Å². The lowest BCUT2D eigenvalue weighted by molar-refractivity contribution is -0.145. The predicted molar refractivity (Wildman–Crippen MR) is 72.1 cm³/mol. The lowest BCUT2D eigenvalue weighted by Gasteiger charge is -2.28. The number of hydrogen-bond acceptors (Lipinski definition) is 3. The second-order valence-electron chi connectivity index (χ2n) is 3.86. The third-order valence-corrected chi connectivity index (χ3v) is 3.51. The van der Waals surface area contributed by atoms with Gasteiger partial charge in [0.05, 0.1) is 6.61 Å². The van der Waals surface area contributed by atoms with E-state index in [-0.39, 0.29) is 12.2 Å². The smallest absolute Gasteiger partial charge is 0.443 e. The molecule has 0 radical (unpaired) electrons. The van der Waals surface area contributed by atoms with Crippen LogP contribution in [0.5, 0.6) is 0 Å². The van der Waals surface area contributed by atoms with Crippen LogP contribution >= 0.6 is 11.8 Å². The summed E-state index contributed by atoms with van der Waals surface area (Å²) in [5.74, 6) is -1.74. The highest BCUT2D eigenvalue weighted by molar-refractivity contribution is 8.01. The van der Waals surface area contributed by atoms with E-state index in [0.717, 1.165) is 30.3 Å². The Labute approximate surface area is 123 Å². The number of rotatable bonds is 5. The topological polar surface area (TPSA) is 26.3 Å². The molecule has 1 aromatic rings. The fourth-order valence-electron chi connectivity index (χ4n) is 1.65. The molecule has 21 heavy (non-hydrogen) atoms. The molecule has 2 nitrogen and oxygen atoms in total. The molecule has 0 saturated heterocycles. The number of carbonyl (C=O) groups excluding carboxylic acids is 1. The van der Waals surface area contributed by atoms with E-state index in [0.29, 0.717) is 0 Å². The Bertz CT molecular complexity index is 547. The number of carbonyl (C=O) groups is 1. The molecule has 0 aliphatic carbocycles. The van der Waals surface area contributed by atoms with Crippen LogP contribution in [0.25, 0.3) is 0 Å². The molecule has 1 unspecified atom stereocenters. The van der Waals surface area contributed by atoms with E-state index < -0.39 is 33.8 Å². The third kappa shape index (κ3) is 4.37. The Hall–Kier alpha value is -1.72. The number of halogens is 4. The molecule has 0 aliphatic heterocycles. The zero-order chi connectivity index (χ0) is 16.1. The minimum atomic E-state index is -4.71. The molecule has 0 saturated carbocycles. The van der Waals surface area contributed by atoms with Gasteiger partial charge in [-0.15, -0.1) is 5.73 Å². The van der Waals surface area contributed by atoms with E-state index in [1.165, 1.54) is 6.92 Å². The fraction of sp³-hybridized carbons (Fsp3) is 0.286. The van der Waals surface area contributed by atoms with Gasteiger partial charge in [0, 0.05) is 0 Å². The highest BCUT2D eigenvalue weighted by atomic mass is 32.2. The van der Waals surface area contributed by atoms with Crippen LogP contribution in [0.4, 0.5) is 17.6 Å². The zero-order valence-corrected chi connectivity index (χ0v) is 11.9.